The van der Waals surface area contributed by atoms with Crippen LogP contribution in [0.3, 0.4) is 0 Å². The molecule has 0 amide bonds. The molecule has 5 aromatic carbocycles. The summed E-state index contributed by atoms with van der Waals surface area (Å²) >= 11 is 0. The number of esters is 1. The second-order valence-electron chi connectivity index (χ2n) is 12.5. The SMILES string of the molecule is CCCCN(CCCC)c1ccc2c(c1)Oc1ccc(S(=O)(=O)c3ccc(OCc4ccccc4)cc3)cc1C21OC(=O)c2ccccc21. The molecule has 1 atom stereocenters. The van der Waals surface area contributed by atoms with Crippen molar-refractivity contribution in [3.05, 3.63) is 143 Å². The van der Waals surface area contributed by atoms with Crippen LogP contribution in [0.4, 0.5) is 5.69 Å². The van der Waals surface area contributed by atoms with E-state index in [1.807, 2.05) is 54.6 Å². The number of carbonyl (C=O) groups excluding carboxylic acids is 1. The van der Waals surface area contributed by atoms with Gasteiger partial charge in [0, 0.05) is 41.5 Å². The molecular weight excluding hydrogens is 635 g/mol. The number of fused-ring (bicyclic) bond motifs is 6. The van der Waals surface area contributed by atoms with E-state index in [4.69, 9.17) is 14.2 Å². The summed E-state index contributed by atoms with van der Waals surface area (Å²) < 4.78 is 46.9. The van der Waals surface area contributed by atoms with E-state index in [-0.39, 0.29) is 9.79 Å². The van der Waals surface area contributed by atoms with Gasteiger partial charge in [-0.3, -0.25) is 0 Å². The highest BCUT2D eigenvalue weighted by atomic mass is 32.2. The van der Waals surface area contributed by atoms with Crippen molar-refractivity contribution in [2.24, 2.45) is 0 Å². The number of hydrogen-bond donors (Lipinski definition) is 0. The molecule has 1 unspecified atom stereocenters. The minimum atomic E-state index is -3.96. The number of sulfone groups is 1. The van der Waals surface area contributed by atoms with E-state index in [0.717, 1.165) is 50.0 Å². The van der Waals surface area contributed by atoms with E-state index >= 15 is 0 Å². The number of unbranched alkanes of at least 4 members (excludes halogenated alkanes) is 2. The summed E-state index contributed by atoms with van der Waals surface area (Å²) in [6.07, 6.45) is 4.32. The molecule has 5 aromatic rings. The van der Waals surface area contributed by atoms with Gasteiger partial charge in [-0.15, -0.1) is 0 Å². The van der Waals surface area contributed by atoms with Gasteiger partial charge in [-0.1, -0.05) is 75.2 Å². The topological polar surface area (TPSA) is 82.1 Å². The van der Waals surface area contributed by atoms with E-state index in [0.29, 0.717) is 46.1 Å². The zero-order valence-electron chi connectivity index (χ0n) is 27.7. The molecule has 2 aliphatic heterocycles. The Hall–Kier alpha value is -5.08. The van der Waals surface area contributed by atoms with Gasteiger partial charge >= 0.3 is 5.97 Å². The van der Waals surface area contributed by atoms with Crippen LogP contribution >= 0.6 is 0 Å². The molecule has 0 saturated heterocycles. The summed E-state index contributed by atoms with van der Waals surface area (Å²) in [5.74, 6) is 1.11. The van der Waals surface area contributed by atoms with E-state index in [1.54, 1.807) is 54.6 Å². The highest BCUT2D eigenvalue weighted by Gasteiger charge is 2.53. The van der Waals surface area contributed by atoms with Crippen molar-refractivity contribution < 1.29 is 27.4 Å². The lowest BCUT2D eigenvalue weighted by Crippen LogP contribution is -2.33. The number of carbonyl (C=O) groups is 1. The predicted octanol–water partition coefficient (Wildman–Crippen LogP) is 9.07. The van der Waals surface area contributed by atoms with Gasteiger partial charge in [0.05, 0.1) is 15.4 Å². The number of nitrogens with zero attached hydrogens (tertiary/aromatic N) is 1. The largest absolute Gasteiger partial charge is 0.489 e. The minimum Gasteiger partial charge on any atom is -0.489 e. The van der Waals surface area contributed by atoms with Gasteiger partial charge in [0.1, 0.15) is 23.9 Å². The van der Waals surface area contributed by atoms with Crippen LogP contribution in [0.2, 0.25) is 0 Å². The van der Waals surface area contributed by atoms with E-state index < -0.39 is 21.4 Å². The summed E-state index contributed by atoms with van der Waals surface area (Å²) in [5.41, 5.74) is 2.88. The van der Waals surface area contributed by atoms with Gasteiger partial charge in [0.15, 0.2) is 5.60 Å². The van der Waals surface area contributed by atoms with Crippen LogP contribution in [-0.2, 0) is 26.8 Å². The first-order valence-corrected chi connectivity index (χ1v) is 18.4. The van der Waals surface area contributed by atoms with Gasteiger partial charge in [-0.25, -0.2) is 13.2 Å². The summed E-state index contributed by atoms with van der Waals surface area (Å²) in [4.78, 5) is 16.0. The summed E-state index contributed by atoms with van der Waals surface area (Å²) in [6, 6.07) is 34.3. The minimum absolute atomic E-state index is 0.0676. The third kappa shape index (κ3) is 5.95. The molecule has 0 aromatic heterocycles. The first-order chi connectivity index (χ1) is 23.8. The summed E-state index contributed by atoms with van der Waals surface area (Å²) in [5, 5.41) is 0. The van der Waals surface area contributed by atoms with Crippen LogP contribution in [-0.4, -0.2) is 27.5 Å². The zero-order chi connectivity index (χ0) is 34.0. The van der Waals surface area contributed by atoms with Crippen molar-refractivity contribution in [1.82, 2.24) is 0 Å². The number of hydrogen-bond acceptors (Lipinski definition) is 7. The van der Waals surface area contributed by atoms with Crippen molar-refractivity contribution in [3.8, 4) is 17.2 Å². The Kier molecular flexibility index (Phi) is 8.90. The standard InChI is InChI=1S/C41H39NO6S/c1-3-5-24-42(25-6-4-2)30-16-22-36-39(26-30)47-38-23-21-33(27-37(38)41(36)35-15-11-10-14-34(35)40(43)48-41)49(44,45)32-19-17-31(18-20-32)46-28-29-12-8-7-9-13-29/h7-23,26-27H,3-6,24-25,28H2,1-2H3. The van der Waals surface area contributed by atoms with E-state index in [2.05, 4.69) is 24.8 Å². The molecule has 0 bridgehead atoms. The maximum Gasteiger partial charge on any atom is 0.340 e. The molecule has 0 saturated carbocycles. The Morgan fingerprint density at radius 1 is 0.694 bits per heavy atom. The van der Waals surface area contributed by atoms with Crippen molar-refractivity contribution in [2.75, 3.05) is 18.0 Å². The summed E-state index contributed by atoms with van der Waals surface area (Å²) in [6.45, 7) is 6.60. The van der Waals surface area contributed by atoms with Crippen LogP contribution in [0.1, 0.15) is 72.1 Å². The molecule has 2 heterocycles. The Labute approximate surface area is 288 Å². The first kappa shape index (κ1) is 32.5. The number of anilines is 1. The Morgan fingerprint density at radius 2 is 1.39 bits per heavy atom. The number of benzene rings is 5. The van der Waals surface area contributed by atoms with E-state index in [1.165, 1.54) is 0 Å². The van der Waals surface area contributed by atoms with Crippen LogP contribution in [0.25, 0.3) is 0 Å². The average molecular weight is 674 g/mol. The second-order valence-corrected chi connectivity index (χ2v) is 14.4. The molecule has 8 heteroatoms. The fourth-order valence-corrected chi connectivity index (χ4v) is 7.95. The highest BCUT2D eigenvalue weighted by molar-refractivity contribution is 7.91. The van der Waals surface area contributed by atoms with Crippen molar-refractivity contribution in [2.45, 2.75) is 61.5 Å². The molecule has 49 heavy (non-hydrogen) atoms. The van der Waals surface area contributed by atoms with Gasteiger partial charge in [0.25, 0.3) is 0 Å². The predicted molar refractivity (Wildman–Crippen MR) is 189 cm³/mol. The van der Waals surface area contributed by atoms with E-state index in [9.17, 15) is 13.2 Å². The summed E-state index contributed by atoms with van der Waals surface area (Å²) in [7, 11) is -3.96. The molecule has 7 nitrogen and oxygen atoms in total. The molecule has 250 valence electrons. The van der Waals surface area contributed by atoms with Gasteiger partial charge in [-0.05, 0) is 79.1 Å². The van der Waals surface area contributed by atoms with Crippen molar-refractivity contribution in [1.29, 1.82) is 0 Å². The van der Waals surface area contributed by atoms with Crippen LogP contribution < -0.4 is 14.4 Å². The Bertz CT molecular complexity index is 2090. The van der Waals surface area contributed by atoms with Crippen LogP contribution in [0, 0.1) is 0 Å². The monoisotopic (exact) mass is 673 g/mol. The average Bonchev–Trinajstić information content (AvgIpc) is 3.43. The van der Waals surface area contributed by atoms with Gasteiger partial charge in [0.2, 0.25) is 9.84 Å². The quantitative estimate of drug-likeness (QED) is 0.122. The molecular formula is C41H39NO6S. The fraction of sp³-hybridized carbons (Fsp3) is 0.244. The lowest BCUT2D eigenvalue weighted by atomic mass is 9.77. The smallest absolute Gasteiger partial charge is 0.340 e. The maximum atomic E-state index is 14.1. The molecule has 0 N–H and O–H groups in total. The normalized spacial score (nSPS) is 15.9. The maximum absolute atomic E-state index is 14.1. The lowest BCUT2D eigenvalue weighted by Gasteiger charge is -2.37. The third-order valence-electron chi connectivity index (χ3n) is 9.29. The lowest BCUT2D eigenvalue weighted by molar-refractivity contribution is 0.0223. The molecule has 0 radical (unpaired) electrons. The number of rotatable bonds is 12. The first-order valence-electron chi connectivity index (χ1n) is 16.9. The number of ether oxygens (including phenoxy) is 3. The Balaban J connectivity index is 1.27. The van der Waals surface area contributed by atoms with Gasteiger partial charge in [-0.2, -0.15) is 0 Å². The molecule has 7 rings (SSSR count). The highest BCUT2D eigenvalue weighted by Crippen LogP contribution is 2.57. The fourth-order valence-electron chi connectivity index (χ4n) is 6.66. The zero-order valence-corrected chi connectivity index (χ0v) is 28.5. The van der Waals surface area contributed by atoms with Crippen molar-refractivity contribution >= 4 is 21.5 Å². The van der Waals surface area contributed by atoms with Crippen molar-refractivity contribution in [3.63, 3.8) is 0 Å². The van der Waals surface area contributed by atoms with Gasteiger partial charge < -0.3 is 19.1 Å². The van der Waals surface area contributed by atoms with Crippen LogP contribution in [0.5, 0.6) is 17.2 Å². The molecule has 0 aliphatic carbocycles. The molecule has 2 aliphatic rings. The van der Waals surface area contributed by atoms with Crippen LogP contribution in [0.15, 0.2) is 125 Å². The third-order valence-corrected chi connectivity index (χ3v) is 11.1. The molecule has 1 spiro atoms. The molecule has 0 fully saturated rings. The Morgan fingerprint density at radius 3 is 2.12 bits per heavy atom. The second kappa shape index (κ2) is 13.4.